The first-order chi connectivity index (χ1) is 9.17. The van der Waals surface area contributed by atoms with Crippen LogP contribution in [-0.2, 0) is 6.54 Å². The predicted octanol–water partition coefficient (Wildman–Crippen LogP) is 2.84. The van der Waals surface area contributed by atoms with Gasteiger partial charge in [-0.05, 0) is 28.1 Å². The van der Waals surface area contributed by atoms with Crippen molar-refractivity contribution in [2.75, 3.05) is 0 Å². The Morgan fingerprint density at radius 3 is 2.42 bits per heavy atom. The SMILES string of the molecule is NCc1cc(C(=NO)c2ccccc2)cc(Br)c1O. The summed E-state index contributed by atoms with van der Waals surface area (Å²) in [4.78, 5) is 0. The second-order valence-electron chi connectivity index (χ2n) is 3.98. The van der Waals surface area contributed by atoms with Gasteiger partial charge in [-0.25, -0.2) is 0 Å². The summed E-state index contributed by atoms with van der Waals surface area (Å²) in [5.74, 6) is 0.108. The Kier molecular flexibility index (Phi) is 4.19. The third kappa shape index (κ3) is 2.77. The Balaban J connectivity index is 2.55. The van der Waals surface area contributed by atoms with E-state index in [9.17, 15) is 10.3 Å². The van der Waals surface area contributed by atoms with E-state index in [2.05, 4.69) is 21.1 Å². The average molecular weight is 321 g/mol. The number of phenols is 1. The highest BCUT2D eigenvalue weighted by molar-refractivity contribution is 9.10. The van der Waals surface area contributed by atoms with Crippen LogP contribution in [0, 0.1) is 0 Å². The summed E-state index contributed by atoms with van der Waals surface area (Å²) in [7, 11) is 0. The van der Waals surface area contributed by atoms with Gasteiger partial charge in [0, 0.05) is 23.2 Å². The first-order valence-corrected chi connectivity index (χ1v) is 6.46. The summed E-state index contributed by atoms with van der Waals surface area (Å²) in [6.07, 6.45) is 0. The van der Waals surface area contributed by atoms with E-state index >= 15 is 0 Å². The summed E-state index contributed by atoms with van der Waals surface area (Å²) in [5, 5.41) is 22.4. The standard InChI is InChI=1S/C14H13BrN2O2/c15-12-7-10(6-11(8-16)14(12)18)13(17-19)9-4-2-1-3-5-9/h1-7,18-19H,8,16H2. The van der Waals surface area contributed by atoms with Crippen molar-refractivity contribution in [1.29, 1.82) is 0 Å². The van der Waals surface area contributed by atoms with Crippen LogP contribution >= 0.6 is 15.9 Å². The Bertz CT molecular complexity index is 612. The topological polar surface area (TPSA) is 78.8 Å². The van der Waals surface area contributed by atoms with Gasteiger partial charge in [0.05, 0.1) is 4.47 Å². The van der Waals surface area contributed by atoms with Crippen molar-refractivity contribution in [3.8, 4) is 5.75 Å². The first kappa shape index (κ1) is 13.6. The van der Waals surface area contributed by atoms with E-state index in [0.717, 1.165) is 5.56 Å². The van der Waals surface area contributed by atoms with Crippen LogP contribution < -0.4 is 5.73 Å². The zero-order chi connectivity index (χ0) is 13.8. The number of benzene rings is 2. The van der Waals surface area contributed by atoms with E-state index in [0.29, 0.717) is 21.3 Å². The lowest BCUT2D eigenvalue weighted by Gasteiger charge is -2.10. The second kappa shape index (κ2) is 5.86. The van der Waals surface area contributed by atoms with Gasteiger partial charge in [-0.15, -0.1) is 0 Å². The molecule has 0 saturated heterocycles. The minimum Gasteiger partial charge on any atom is -0.506 e. The van der Waals surface area contributed by atoms with Gasteiger partial charge in [0.2, 0.25) is 0 Å². The Morgan fingerprint density at radius 1 is 1.16 bits per heavy atom. The summed E-state index contributed by atoms with van der Waals surface area (Å²) in [5.41, 5.74) is 8.06. The van der Waals surface area contributed by atoms with Crippen molar-refractivity contribution >= 4 is 21.6 Å². The monoisotopic (exact) mass is 320 g/mol. The van der Waals surface area contributed by atoms with Gasteiger partial charge in [-0.1, -0.05) is 35.5 Å². The van der Waals surface area contributed by atoms with Crippen LogP contribution in [0.25, 0.3) is 0 Å². The molecule has 0 aromatic heterocycles. The van der Waals surface area contributed by atoms with Gasteiger partial charge >= 0.3 is 0 Å². The number of nitrogens with two attached hydrogens (primary N) is 1. The Morgan fingerprint density at radius 2 is 1.84 bits per heavy atom. The van der Waals surface area contributed by atoms with Crippen LogP contribution in [0.15, 0.2) is 52.1 Å². The van der Waals surface area contributed by atoms with Crippen LogP contribution in [0.3, 0.4) is 0 Å². The fourth-order valence-corrected chi connectivity index (χ4v) is 2.33. The van der Waals surface area contributed by atoms with E-state index in [1.165, 1.54) is 0 Å². The molecule has 0 bridgehead atoms. The van der Waals surface area contributed by atoms with E-state index in [1.54, 1.807) is 12.1 Å². The van der Waals surface area contributed by atoms with Crippen molar-refractivity contribution in [3.05, 3.63) is 63.6 Å². The van der Waals surface area contributed by atoms with E-state index < -0.39 is 0 Å². The average Bonchev–Trinajstić information content (AvgIpc) is 2.44. The van der Waals surface area contributed by atoms with Crippen LogP contribution in [0.2, 0.25) is 0 Å². The fraction of sp³-hybridized carbons (Fsp3) is 0.0714. The van der Waals surface area contributed by atoms with E-state index in [1.807, 2.05) is 30.3 Å². The van der Waals surface area contributed by atoms with Gasteiger partial charge in [-0.3, -0.25) is 0 Å². The van der Waals surface area contributed by atoms with Crippen molar-refractivity contribution in [1.82, 2.24) is 0 Å². The molecular weight excluding hydrogens is 308 g/mol. The lowest BCUT2D eigenvalue weighted by atomic mass is 10.00. The molecule has 0 saturated carbocycles. The van der Waals surface area contributed by atoms with Gasteiger partial charge in [-0.2, -0.15) is 0 Å². The first-order valence-electron chi connectivity index (χ1n) is 5.66. The normalized spacial score (nSPS) is 11.6. The Hall–Kier alpha value is -1.85. The fourth-order valence-electron chi connectivity index (χ4n) is 1.83. The number of halogens is 1. The van der Waals surface area contributed by atoms with Crippen LogP contribution in [0.4, 0.5) is 0 Å². The number of hydrogen-bond acceptors (Lipinski definition) is 4. The third-order valence-corrected chi connectivity index (χ3v) is 3.39. The molecule has 0 fully saturated rings. The molecule has 0 amide bonds. The molecular formula is C14H13BrN2O2. The maximum atomic E-state index is 9.82. The number of hydrogen-bond donors (Lipinski definition) is 3. The maximum absolute atomic E-state index is 9.82. The summed E-state index contributed by atoms with van der Waals surface area (Å²) in [6, 6.07) is 12.7. The molecule has 0 aliphatic heterocycles. The predicted molar refractivity (Wildman–Crippen MR) is 77.6 cm³/mol. The highest BCUT2D eigenvalue weighted by Gasteiger charge is 2.13. The van der Waals surface area contributed by atoms with Gasteiger partial charge in [0.25, 0.3) is 0 Å². The largest absolute Gasteiger partial charge is 0.506 e. The molecule has 0 atom stereocenters. The second-order valence-corrected chi connectivity index (χ2v) is 4.84. The lowest BCUT2D eigenvalue weighted by Crippen LogP contribution is -2.06. The quantitative estimate of drug-likeness (QED) is 0.462. The smallest absolute Gasteiger partial charge is 0.134 e. The van der Waals surface area contributed by atoms with Crippen molar-refractivity contribution in [3.63, 3.8) is 0 Å². The van der Waals surface area contributed by atoms with Gasteiger partial charge < -0.3 is 16.0 Å². The minimum atomic E-state index is 0.108. The molecule has 98 valence electrons. The molecule has 19 heavy (non-hydrogen) atoms. The van der Waals surface area contributed by atoms with Gasteiger partial charge in [0.15, 0.2) is 0 Å². The molecule has 4 nitrogen and oxygen atoms in total. The summed E-state index contributed by atoms with van der Waals surface area (Å²) >= 11 is 3.27. The minimum absolute atomic E-state index is 0.108. The molecule has 0 heterocycles. The maximum Gasteiger partial charge on any atom is 0.134 e. The molecule has 5 heteroatoms. The number of rotatable bonds is 3. The number of oxime groups is 1. The molecule has 2 aromatic rings. The zero-order valence-corrected chi connectivity index (χ0v) is 11.6. The highest BCUT2D eigenvalue weighted by atomic mass is 79.9. The third-order valence-electron chi connectivity index (χ3n) is 2.78. The molecule has 0 spiro atoms. The summed E-state index contributed by atoms with van der Waals surface area (Å²) in [6.45, 7) is 0.200. The van der Waals surface area contributed by atoms with Crippen LogP contribution in [0.1, 0.15) is 16.7 Å². The number of nitrogens with zero attached hydrogens (tertiary/aromatic N) is 1. The Labute approximate surface area is 119 Å². The van der Waals surface area contributed by atoms with Gasteiger partial charge in [0.1, 0.15) is 11.5 Å². The van der Waals surface area contributed by atoms with E-state index in [4.69, 9.17) is 5.73 Å². The highest BCUT2D eigenvalue weighted by Crippen LogP contribution is 2.30. The van der Waals surface area contributed by atoms with Crippen LogP contribution in [0.5, 0.6) is 5.75 Å². The number of aromatic hydroxyl groups is 1. The molecule has 2 rings (SSSR count). The number of phenolic OH excluding ortho intramolecular Hbond substituents is 1. The molecule has 2 aromatic carbocycles. The van der Waals surface area contributed by atoms with Crippen molar-refractivity contribution < 1.29 is 10.3 Å². The molecule has 0 aliphatic rings. The molecule has 0 aliphatic carbocycles. The molecule has 0 radical (unpaired) electrons. The lowest BCUT2D eigenvalue weighted by molar-refractivity contribution is 0.319. The van der Waals surface area contributed by atoms with Crippen molar-refractivity contribution in [2.45, 2.75) is 6.54 Å². The van der Waals surface area contributed by atoms with Crippen molar-refractivity contribution in [2.24, 2.45) is 10.9 Å². The van der Waals surface area contributed by atoms with Crippen LogP contribution in [-0.4, -0.2) is 16.0 Å². The molecule has 4 N–H and O–H groups in total. The summed E-state index contributed by atoms with van der Waals surface area (Å²) < 4.78 is 0.516. The van der Waals surface area contributed by atoms with E-state index in [-0.39, 0.29) is 12.3 Å². The zero-order valence-electron chi connectivity index (χ0n) is 10.0. The molecule has 0 unspecified atom stereocenters.